The molecule has 0 amide bonds. The Labute approximate surface area is 267 Å². The van der Waals surface area contributed by atoms with E-state index in [1.54, 1.807) is 22.7 Å². The predicted octanol–water partition coefficient (Wildman–Crippen LogP) is 9.83. The predicted molar refractivity (Wildman–Crippen MR) is 188 cm³/mol. The molecule has 0 aliphatic carbocycles. The van der Waals surface area contributed by atoms with Crippen LogP contribution in [-0.4, -0.2) is 13.1 Å². The van der Waals surface area contributed by atoms with Crippen molar-refractivity contribution in [1.29, 1.82) is 0 Å². The number of rotatable bonds is 2. The highest BCUT2D eigenvalue weighted by atomic mass is 32.1. The maximum Gasteiger partial charge on any atom is 0.345 e. The van der Waals surface area contributed by atoms with Crippen LogP contribution in [0.15, 0.2) is 85.2 Å². The van der Waals surface area contributed by atoms with Gasteiger partial charge in [-0.1, -0.05) is 52.0 Å². The Kier molecular flexibility index (Phi) is 5.53. The highest BCUT2D eigenvalue weighted by molar-refractivity contribution is 7.31. The molecule has 9 rings (SSSR count). The van der Waals surface area contributed by atoms with E-state index in [4.69, 9.17) is 8.83 Å². The molecule has 0 spiro atoms. The SMILES string of the molecule is CC1(C)CCN2CCC(C)(C)c3c2c1cc1cc(-c2cc4sc(-c5cc6cc7ccccc7cc6oc5=O)cc4s2)c(=O)oc31. The monoisotopic (exact) mass is 629 g/mol. The molecule has 5 nitrogen and oxygen atoms in total. The Morgan fingerprint density at radius 3 is 1.96 bits per heavy atom. The Balaban J connectivity index is 1.16. The van der Waals surface area contributed by atoms with E-state index in [0.717, 1.165) is 72.2 Å². The summed E-state index contributed by atoms with van der Waals surface area (Å²) in [6, 6.07) is 22.4. The molecule has 0 atom stereocenters. The molecule has 0 bridgehead atoms. The van der Waals surface area contributed by atoms with E-state index in [-0.39, 0.29) is 22.1 Å². The van der Waals surface area contributed by atoms with Crippen molar-refractivity contribution in [2.75, 3.05) is 18.0 Å². The lowest BCUT2D eigenvalue weighted by Crippen LogP contribution is -2.44. The van der Waals surface area contributed by atoms with Crippen LogP contribution in [0.25, 0.3) is 63.0 Å². The number of anilines is 1. The zero-order valence-corrected chi connectivity index (χ0v) is 27.2. The van der Waals surface area contributed by atoms with Crippen molar-refractivity contribution >= 4 is 70.5 Å². The van der Waals surface area contributed by atoms with Gasteiger partial charge in [0.05, 0.1) is 11.1 Å². The number of fused-ring (bicyclic) bond motifs is 5. The largest absolute Gasteiger partial charge is 0.422 e. The molecule has 3 aromatic carbocycles. The van der Waals surface area contributed by atoms with Gasteiger partial charge in [-0.3, -0.25) is 0 Å². The normalized spacial score (nSPS) is 17.0. The van der Waals surface area contributed by atoms with Gasteiger partial charge < -0.3 is 13.7 Å². The molecule has 0 N–H and O–H groups in total. The van der Waals surface area contributed by atoms with Gasteiger partial charge >= 0.3 is 11.3 Å². The Morgan fingerprint density at radius 1 is 0.667 bits per heavy atom. The van der Waals surface area contributed by atoms with E-state index in [1.807, 2.05) is 42.5 Å². The van der Waals surface area contributed by atoms with E-state index in [1.165, 1.54) is 16.8 Å². The first-order valence-electron chi connectivity index (χ1n) is 15.5. The summed E-state index contributed by atoms with van der Waals surface area (Å²) in [6.07, 6.45) is 2.13. The quantitative estimate of drug-likeness (QED) is 0.141. The van der Waals surface area contributed by atoms with Crippen LogP contribution in [0.3, 0.4) is 0 Å². The molecule has 0 fully saturated rings. The summed E-state index contributed by atoms with van der Waals surface area (Å²) >= 11 is 3.11. The van der Waals surface area contributed by atoms with Crippen LogP contribution < -0.4 is 16.2 Å². The van der Waals surface area contributed by atoms with Gasteiger partial charge in [-0.2, -0.15) is 0 Å². The first-order valence-corrected chi connectivity index (χ1v) is 17.1. The van der Waals surface area contributed by atoms with Gasteiger partial charge in [0.2, 0.25) is 0 Å². The lowest BCUT2D eigenvalue weighted by atomic mass is 9.69. The van der Waals surface area contributed by atoms with Crippen LogP contribution in [0.2, 0.25) is 0 Å². The van der Waals surface area contributed by atoms with E-state index < -0.39 is 0 Å². The first kappa shape index (κ1) is 27.1. The highest BCUT2D eigenvalue weighted by Crippen LogP contribution is 2.52. The minimum absolute atomic E-state index is 0.0446. The zero-order valence-electron chi connectivity index (χ0n) is 25.6. The maximum atomic E-state index is 13.6. The van der Waals surface area contributed by atoms with Gasteiger partial charge in [0.1, 0.15) is 11.2 Å². The summed E-state index contributed by atoms with van der Waals surface area (Å²) in [5, 5.41) is 4.02. The molecule has 0 radical (unpaired) electrons. The summed E-state index contributed by atoms with van der Waals surface area (Å²) in [6.45, 7) is 11.3. The van der Waals surface area contributed by atoms with Crippen LogP contribution in [-0.2, 0) is 10.8 Å². The molecule has 6 heterocycles. The van der Waals surface area contributed by atoms with Crippen molar-refractivity contribution in [3.8, 4) is 20.9 Å². The second kappa shape index (κ2) is 9.18. The lowest BCUT2D eigenvalue weighted by molar-refractivity contribution is 0.398. The zero-order chi connectivity index (χ0) is 30.8. The summed E-state index contributed by atoms with van der Waals surface area (Å²) in [5.41, 5.74) is 5.56. The molecule has 2 aliphatic heterocycles. The van der Waals surface area contributed by atoms with Crippen molar-refractivity contribution in [2.45, 2.75) is 51.4 Å². The molecule has 2 aliphatic rings. The van der Waals surface area contributed by atoms with E-state index in [2.05, 4.69) is 56.9 Å². The van der Waals surface area contributed by atoms with E-state index in [9.17, 15) is 9.59 Å². The fraction of sp³-hybridized carbons (Fsp3) is 0.263. The third-order valence-electron chi connectivity index (χ3n) is 10.1. The average Bonchev–Trinajstić information content (AvgIpc) is 3.58. The minimum atomic E-state index is -0.348. The molecule has 7 aromatic rings. The molecule has 0 saturated carbocycles. The number of benzene rings is 3. The van der Waals surface area contributed by atoms with Crippen molar-refractivity contribution in [2.24, 2.45) is 0 Å². The first-order chi connectivity index (χ1) is 21.6. The van der Waals surface area contributed by atoms with Crippen molar-refractivity contribution in [1.82, 2.24) is 0 Å². The topological polar surface area (TPSA) is 63.7 Å². The molecular weight excluding hydrogens is 599 g/mol. The van der Waals surface area contributed by atoms with E-state index in [0.29, 0.717) is 16.7 Å². The van der Waals surface area contributed by atoms with Crippen LogP contribution in [0.1, 0.15) is 51.7 Å². The molecule has 224 valence electrons. The standard InChI is InChI=1S/C38H31NO4S2/c1-37(2)9-11-39-12-10-38(3,4)32-33(39)26(37)16-23-15-25(36(41)43-34(23)32)29-19-31-30(45-29)18-28(44-31)24-14-22-13-20-7-5-6-8-21(20)17-27(22)42-35(24)40/h5-8,13-19H,9-12H2,1-4H3. The number of hydrogen-bond donors (Lipinski definition) is 0. The van der Waals surface area contributed by atoms with Gasteiger partial charge in [0.15, 0.2) is 0 Å². The fourth-order valence-electron chi connectivity index (χ4n) is 7.40. The van der Waals surface area contributed by atoms with Crippen molar-refractivity contribution in [3.05, 3.63) is 98.7 Å². The highest BCUT2D eigenvalue weighted by Gasteiger charge is 2.42. The van der Waals surface area contributed by atoms with Crippen molar-refractivity contribution < 1.29 is 8.83 Å². The number of nitrogens with zero attached hydrogens (tertiary/aromatic N) is 1. The van der Waals surface area contributed by atoms with Crippen LogP contribution in [0.4, 0.5) is 5.69 Å². The van der Waals surface area contributed by atoms with Crippen molar-refractivity contribution in [3.63, 3.8) is 0 Å². The van der Waals surface area contributed by atoms with Crippen LogP contribution >= 0.6 is 22.7 Å². The summed E-state index contributed by atoms with van der Waals surface area (Å²) in [7, 11) is 0. The van der Waals surface area contributed by atoms with Gasteiger partial charge in [-0.15, -0.1) is 22.7 Å². The third-order valence-corrected chi connectivity index (χ3v) is 12.4. The Hall–Kier alpha value is -4.20. The number of thiophene rings is 2. The maximum absolute atomic E-state index is 13.6. The van der Waals surface area contributed by atoms with Crippen LogP contribution in [0, 0.1) is 0 Å². The summed E-state index contributed by atoms with van der Waals surface area (Å²) in [5.74, 6) is 0. The van der Waals surface area contributed by atoms with Gasteiger partial charge in [0, 0.05) is 54.3 Å². The van der Waals surface area contributed by atoms with Gasteiger partial charge in [0.25, 0.3) is 0 Å². The Bertz CT molecular complexity index is 2470. The average molecular weight is 630 g/mol. The Morgan fingerprint density at radius 2 is 1.27 bits per heavy atom. The third kappa shape index (κ3) is 4.03. The molecule has 45 heavy (non-hydrogen) atoms. The van der Waals surface area contributed by atoms with Gasteiger partial charge in [-0.05, 0) is 82.5 Å². The van der Waals surface area contributed by atoms with E-state index >= 15 is 0 Å². The van der Waals surface area contributed by atoms with Gasteiger partial charge in [-0.25, -0.2) is 9.59 Å². The lowest BCUT2D eigenvalue weighted by Gasteiger charge is -2.48. The minimum Gasteiger partial charge on any atom is -0.422 e. The second-order valence-electron chi connectivity index (χ2n) is 13.9. The smallest absolute Gasteiger partial charge is 0.345 e. The molecule has 0 saturated heterocycles. The molecule has 0 unspecified atom stereocenters. The molecule has 7 heteroatoms. The van der Waals surface area contributed by atoms with Crippen LogP contribution in [0.5, 0.6) is 0 Å². The second-order valence-corrected chi connectivity index (χ2v) is 16.1. The summed E-state index contributed by atoms with van der Waals surface area (Å²) in [4.78, 5) is 30.9. The molecule has 4 aromatic heterocycles. The number of hydrogen-bond acceptors (Lipinski definition) is 7. The molecular formula is C38H31NO4S2. The summed E-state index contributed by atoms with van der Waals surface area (Å²) < 4.78 is 14.1. The fourth-order valence-corrected chi connectivity index (χ4v) is 9.81.